The summed E-state index contributed by atoms with van der Waals surface area (Å²) in [5.74, 6) is 0.685. The average Bonchev–Trinajstić information content (AvgIpc) is 3.31. The van der Waals surface area contributed by atoms with Gasteiger partial charge in [0.2, 0.25) is 0 Å². The molecule has 5 rings (SSSR count). The van der Waals surface area contributed by atoms with Gasteiger partial charge in [-0.3, -0.25) is 4.98 Å². The van der Waals surface area contributed by atoms with Gasteiger partial charge in [0.1, 0.15) is 13.1 Å². The Morgan fingerprint density at radius 2 is 2.09 bits per heavy atom. The van der Waals surface area contributed by atoms with Gasteiger partial charge in [-0.15, -0.1) is 0 Å². The fraction of sp³-hybridized carbons (Fsp3) is 0.375. The predicted molar refractivity (Wildman–Crippen MR) is 142 cm³/mol. The zero-order valence-corrected chi connectivity index (χ0v) is 21.5. The van der Waals surface area contributed by atoms with E-state index in [9.17, 15) is 9.90 Å². The maximum atomic E-state index is 12.7. The molecule has 1 saturated heterocycles. The number of allylic oxidation sites excluding steroid dienone is 1. The summed E-state index contributed by atoms with van der Waals surface area (Å²) in [7, 11) is -2.18. The van der Waals surface area contributed by atoms with Crippen molar-refractivity contribution >= 4 is 41.2 Å². The van der Waals surface area contributed by atoms with Gasteiger partial charge in [0.15, 0.2) is 6.35 Å². The van der Waals surface area contributed by atoms with Crippen LogP contribution in [0.25, 0.3) is 11.0 Å². The van der Waals surface area contributed by atoms with Crippen molar-refractivity contribution in [3.8, 4) is 0 Å². The molecular formula is C24H30ClN7O2P+. The van der Waals surface area contributed by atoms with E-state index in [1.165, 1.54) is 5.56 Å². The van der Waals surface area contributed by atoms with E-state index < -0.39 is 7.26 Å². The Bertz CT molecular complexity index is 1300. The molecule has 0 atom stereocenters. The number of amides is 1. The number of anilines is 1. The minimum absolute atomic E-state index is 0.124. The number of halogens is 1. The van der Waals surface area contributed by atoms with Crippen molar-refractivity contribution < 1.29 is 9.90 Å². The van der Waals surface area contributed by atoms with E-state index >= 15 is 0 Å². The molecule has 2 aliphatic heterocycles. The summed E-state index contributed by atoms with van der Waals surface area (Å²) < 4.78 is 1.74. The predicted octanol–water partition coefficient (Wildman–Crippen LogP) is 3.63. The SMILES string of the molecule is C=C1N(Cc2nc3ccc(Cl)cc3n2NNC(=O)[P+](C)(C)CO)c2cnccc2C12CCNCC2. The molecule has 2 aliphatic rings. The van der Waals surface area contributed by atoms with E-state index in [2.05, 4.69) is 38.8 Å². The number of benzene rings is 1. The number of nitrogens with one attached hydrogen (secondary N) is 3. The molecule has 1 spiro atoms. The van der Waals surface area contributed by atoms with Crippen LogP contribution < -0.4 is 21.2 Å². The highest BCUT2D eigenvalue weighted by atomic mass is 35.5. The van der Waals surface area contributed by atoms with E-state index in [1.807, 2.05) is 24.5 Å². The van der Waals surface area contributed by atoms with Gasteiger partial charge in [0, 0.05) is 22.3 Å². The number of carbonyl (C=O) groups is 1. The third-order valence-electron chi connectivity index (χ3n) is 7.11. The lowest BCUT2D eigenvalue weighted by atomic mass is 9.73. The second-order valence-corrected chi connectivity index (χ2v) is 14.1. The fourth-order valence-corrected chi connectivity index (χ4v) is 5.59. The lowest BCUT2D eigenvalue weighted by Crippen LogP contribution is -2.41. The number of hydrogen-bond acceptors (Lipinski definition) is 7. The number of hydrogen-bond donors (Lipinski definition) is 4. The zero-order valence-electron chi connectivity index (χ0n) is 19.9. The van der Waals surface area contributed by atoms with Crippen LogP contribution in [0.3, 0.4) is 0 Å². The molecule has 4 heterocycles. The third kappa shape index (κ3) is 4.06. The Morgan fingerprint density at radius 1 is 1.31 bits per heavy atom. The van der Waals surface area contributed by atoms with Crippen LogP contribution in [-0.2, 0) is 12.0 Å². The van der Waals surface area contributed by atoms with Crippen LogP contribution in [0.1, 0.15) is 24.2 Å². The molecule has 1 fully saturated rings. The Hall–Kier alpha value is -2.71. The molecule has 0 saturated carbocycles. The minimum atomic E-state index is -2.18. The average molecular weight is 515 g/mol. The summed E-state index contributed by atoms with van der Waals surface area (Å²) in [5, 5.41) is 13.6. The number of imidazole rings is 1. The van der Waals surface area contributed by atoms with Crippen LogP contribution >= 0.6 is 18.9 Å². The van der Waals surface area contributed by atoms with Gasteiger partial charge in [0.25, 0.3) is 0 Å². The Morgan fingerprint density at radius 3 is 2.83 bits per heavy atom. The van der Waals surface area contributed by atoms with Gasteiger partial charge in [0.05, 0.1) is 42.8 Å². The number of aliphatic hydroxyl groups is 1. The minimum Gasteiger partial charge on any atom is -0.361 e. The molecular weight excluding hydrogens is 485 g/mol. The zero-order chi connectivity index (χ0) is 24.8. The normalized spacial score (nSPS) is 17.1. The first-order valence-electron chi connectivity index (χ1n) is 11.6. The van der Waals surface area contributed by atoms with Gasteiger partial charge in [-0.25, -0.2) is 25.4 Å². The number of carbonyl (C=O) groups excluding carboxylic acids is 1. The van der Waals surface area contributed by atoms with Crippen molar-refractivity contribution in [3.05, 3.63) is 65.3 Å². The Labute approximate surface area is 209 Å². The van der Waals surface area contributed by atoms with Crippen LogP contribution in [0, 0.1) is 0 Å². The van der Waals surface area contributed by atoms with Crippen LogP contribution in [0.4, 0.5) is 10.5 Å². The standard InChI is InChI=1S/C24H29ClN7O2P/c1-16-24(7-10-26-11-8-24)18-6-9-27-13-21(18)31(16)14-22-28-19-5-4-17(25)12-20(19)32(22)30-29-23(34)35(2,3)15-33/h4-6,9,12-13,26,30,33H,1,7-8,10-11,14-15H2,2-3H3/p+1. The highest BCUT2D eigenvalue weighted by Gasteiger charge is 2.47. The molecule has 4 N–H and O–H groups in total. The lowest BCUT2D eigenvalue weighted by molar-refractivity contribution is 0.259. The number of piperidine rings is 1. The van der Waals surface area contributed by atoms with Crippen LogP contribution in [0.2, 0.25) is 5.02 Å². The number of aromatic nitrogens is 3. The number of fused-ring (bicyclic) bond motifs is 3. The maximum Gasteiger partial charge on any atom is 0.380 e. The molecule has 11 heteroatoms. The number of pyridine rings is 1. The number of nitrogens with zero attached hydrogens (tertiary/aromatic N) is 4. The van der Waals surface area contributed by atoms with Crippen LogP contribution in [-0.4, -0.2) is 58.2 Å². The molecule has 0 aliphatic carbocycles. The number of aliphatic hydroxyl groups excluding tert-OH is 1. The highest BCUT2D eigenvalue weighted by Crippen LogP contribution is 2.52. The van der Waals surface area contributed by atoms with Crippen molar-refractivity contribution in [2.45, 2.75) is 24.8 Å². The summed E-state index contributed by atoms with van der Waals surface area (Å²) >= 11 is 6.29. The van der Waals surface area contributed by atoms with Gasteiger partial charge >= 0.3 is 5.65 Å². The monoisotopic (exact) mass is 514 g/mol. The Kier molecular flexibility index (Phi) is 6.21. The highest BCUT2D eigenvalue weighted by molar-refractivity contribution is 7.89. The molecule has 0 radical (unpaired) electrons. The van der Waals surface area contributed by atoms with E-state index in [0.29, 0.717) is 17.4 Å². The summed E-state index contributed by atoms with van der Waals surface area (Å²) in [4.78, 5) is 24.1. The summed E-state index contributed by atoms with van der Waals surface area (Å²) in [6.45, 7) is 10.4. The van der Waals surface area contributed by atoms with E-state index in [1.54, 1.807) is 24.1 Å². The topological polar surface area (TPSA) is 107 Å². The second kappa shape index (κ2) is 9.06. The van der Waals surface area contributed by atoms with Crippen molar-refractivity contribution in [2.75, 3.05) is 43.2 Å². The quantitative estimate of drug-likeness (QED) is 0.294. The largest absolute Gasteiger partial charge is 0.380 e. The van der Waals surface area contributed by atoms with E-state index in [0.717, 1.165) is 48.3 Å². The van der Waals surface area contributed by atoms with Crippen molar-refractivity contribution in [1.29, 1.82) is 0 Å². The van der Waals surface area contributed by atoms with E-state index in [4.69, 9.17) is 16.6 Å². The molecule has 1 aromatic carbocycles. The summed E-state index contributed by atoms with van der Waals surface area (Å²) in [6.07, 6.45) is 5.52. The molecule has 9 nitrogen and oxygen atoms in total. The summed E-state index contributed by atoms with van der Waals surface area (Å²) in [6, 6.07) is 7.56. The van der Waals surface area contributed by atoms with Crippen LogP contribution in [0.5, 0.6) is 0 Å². The van der Waals surface area contributed by atoms with Crippen molar-refractivity contribution in [3.63, 3.8) is 0 Å². The lowest BCUT2D eigenvalue weighted by Gasteiger charge is -2.36. The van der Waals surface area contributed by atoms with Crippen molar-refractivity contribution in [1.82, 2.24) is 25.4 Å². The molecule has 3 aromatic rings. The molecule has 0 bridgehead atoms. The Balaban J connectivity index is 1.52. The number of hydrazine groups is 1. The first kappa shape index (κ1) is 24.0. The first-order valence-corrected chi connectivity index (χ1v) is 14.8. The molecule has 1 amide bonds. The smallest absolute Gasteiger partial charge is 0.361 e. The molecule has 35 heavy (non-hydrogen) atoms. The molecule has 184 valence electrons. The molecule has 2 aromatic heterocycles. The maximum absolute atomic E-state index is 12.7. The third-order valence-corrected chi connectivity index (χ3v) is 9.26. The summed E-state index contributed by atoms with van der Waals surface area (Å²) in [5.41, 5.74) is 10.2. The van der Waals surface area contributed by atoms with Gasteiger partial charge in [-0.1, -0.05) is 18.2 Å². The molecule has 0 unspecified atom stereocenters. The number of rotatable bonds is 6. The van der Waals surface area contributed by atoms with Crippen LogP contribution in [0.15, 0.2) is 48.9 Å². The van der Waals surface area contributed by atoms with Crippen molar-refractivity contribution in [2.24, 2.45) is 0 Å². The first-order chi connectivity index (χ1) is 16.8. The van der Waals surface area contributed by atoms with Gasteiger partial charge in [-0.05, 0) is 55.8 Å². The van der Waals surface area contributed by atoms with Gasteiger partial charge in [-0.2, -0.15) is 0 Å². The van der Waals surface area contributed by atoms with Gasteiger partial charge < -0.3 is 15.3 Å². The fourth-order valence-electron chi connectivity index (χ4n) is 4.95. The van der Waals surface area contributed by atoms with E-state index in [-0.39, 0.29) is 17.4 Å². The second-order valence-electron chi connectivity index (χ2n) is 9.62.